The first-order valence-electron chi connectivity index (χ1n) is 6.49. The van der Waals surface area contributed by atoms with Crippen molar-refractivity contribution < 1.29 is 14.4 Å². The molecule has 1 aliphatic rings. The summed E-state index contributed by atoms with van der Waals surface area (Å²) in [6, 6.07) is 0.639. The van der Waals surface area contributed by atoms with Crippen molar-refractivity contribution in [3.63, 3.8) is 0 Å². The summed E-state index contributed by atoms with van der Waals surface area (Å²) >= 11 is 1.04. The van der Waals surface area contributed by atoms with E-state index in [0.29, 0.717) is 11.5 Å². The smallest absolute Gasteiger partial charge is 0.317 e. The molecule has 0 saturated carbocycles. The predicted octanol–water partition coefficient (Wildman–Crippen LogP) is 0.276. The van der Waals surface area contributed by atoms with Crippen molar-refractivity contribution in [2.45, 2.75) is 12.8 Å². The van der Waals surface area contributed by atoms with Crippen molar-refractivity contribution >= 4 is 39.2 Å². The van der Waals surface area contributed by atoms with E-state index in [9.17, 15) is 14.4 Å². The van der Waals surface area contributed by atoms with E-state index in [1.807, 2.05) is 0 Å². The molecule has 0 radical (unpaired) electrons. The van der Waals surface area contributed by atoms with Gasteiger partial charge in [0.25, 0.3) is 5.91 Å². The van der Waals surface area contributed by atoms with E-state index < -0.39 is 11.9 Å². The number of amides is 4. The first-order chi connectivity index (χ1) is 9.97. The standard InChI is InChI=1S/C12H17N5O3S/c13-9(18)7-4-8(21-11(7)17-12(14)20)16-10(19)6-2-1-3-15-5-6/h4,6,15H,1-3,5H2,(H2,13,18)(H,16,19)(H3,14,17,20). The van der Waals surface area contributed by atoms with Crippen LogP contribution >= 0.6 is 11.3 Å². The Labute approximate surface area is 125 Å². The molecule has 114 valence electrons. The van der Waals surface area contributed by atoms with Gasteiger partial charge in [0, 0.05) is 6.54 Å². The number of primary amides is 2. The zero-order valence-electron chi connectivity index (χ0n) is 11.3. The van der Waals surface area contributed by atoms with Gasteiger partial charge >= 0.3 is 6.03 Å². The van der Waals surface area contributed by atoms with Crippen molar-refractivity contribution in [1.29, 1.82) is 0 Å². The lowest BCUT2D eigenvalue weighted by Gasteiger charge is -2.21. The van der Waals surface area contributed by atoms with Crippen LogP contribution in [0.3, 0.4) is 0 Å². The van der Waals surface area contributed by atoms with Crippen LogP contribution in [-0.4, -0.2) is 30.9 Å². The molecule has 1 saturated heterocycles. The van der Waals surface area contributed by atoms with Gasteiger partial charge in [0.1, 0.15) is 5.00 Å². The van der Waals surface area contributed by atoms with Gasteiger partial charge in [-0.1, -0.05) is 11.3 Å². The number of nitrogens with one attached hydrogen (secondary N) is 3. The zero-order chi connectivity index (χ0) is 15.4. The third-order valence-electron chi connectivity index (χ3n) is 3.15. The van der Waals surface area contributed by atoms with E-state index in [-0.39, 0.29) is 22.4 Å². The van der Waals surface area contributed by atoms with Crippen LogP contribution in [0.4, 0.5) is 14.8 Å². The molecule has 1 unspecified atom stereocenters. The minimum atomic E-state index is -0.797. The van der Waals surface area contributed by atoms with Crippen molar-refractivity contribution in [2.75, 3.05) is 23.7 Å². The molecule has 9 heteroatoms. The molecule has 2 rings (SSSR count). The second kappa shape index (κ2) is 6.55. The van der Waals surface area contributed by atoms with Gasteiger partial charge in [0.2, 0.25) is 5.91 Å². The maximum absolute atomic E-state index is 12.1. The van der Waals surface area contributed by atoms with E-state index in [2.05, 4.69) is 16.0 Å². The summed E-state index contributed by atoms with van der Waals surface area (Å²) in [5, 5.41) is 8.89. The van der Waals surface area contributed by atoms with Gasteiger partial charge in [-0.2, -0.15) is 0 Å². The third-order valence-corrected chi connectivity index (χ3v) is 4.11. The molecule has 1 fully saturated rings. The van der Waals surface area contributed by atoms with Crippen LogP contribution in [0.5, 0.6) is 0 Å². The van der Waals surface area contributed by atoms with E-state index in [1.54, 1.807) is 0 Å². The number of hydrogen-bond acceptors (Lipinski definition) is 5. The Morgan fingerprint density at radius 3 is 2.62 bits per heavy atom. The molecule has 1 aliphatic heterocycles. The number of thiophene rings is 1. The van der Waals surface area contributed by atoms with Gasteiger partial charge in [-0.05, 0) is 25.5 Å². The van der Waals surface area contributed by atoms with Gasteiger partial charge in [-0.25, -0.2) is 4.79 Å². The summed E-state index contributed by atoms with van der Waals surface area (Å²) in [5.41, 5.74) is 10.4. The zero-order valence-corrected chi connectivity index (χ0v) is 12.1. The highest BCUT2D eigenvalue weighted by atomic mass is 32.1. The second-order valence-electron chi connectivity index (χ2n) is 4.74. The molecule has 0 aromatic carbocycles. The predicted molar refractivity (Wildman–Crippen MR) is 80.3 cm³/mol. The molecule has 2 heterocycles. The van der Waals surface area contributed by atoms with Crippen LogP contribution in [0.25, 0.3) is 0 Å². The molecule has 0 aliphatic carbocycles. The highest BCUT2D eigenvalue weighted by Crippen LogP contribution is 2.32. The van der Waals surface area contributed by atoms with Crippen molar-refractivity contribution in [2.24, 2.45) is 17.4 Å². The summed E-state index contributed by atoms with van der Waals surface area (Å²) < 4.78 is 0. The summed E-state index contributed by atoms with van der Waals surface area (Å²) in [4.78, 5) is 34.3. The second-order valence-corrected chi connectivity index (χ2v) is 5.79. The molecule has 1 aromatic rings. The van der Waals surface area contributed by atoms with Crippen molar-refractivity contribution in [3.8, 4) is 0 Å². The molecular formula is C12H17N5O3S. The molecule has 0 bridgehead atoms. The molecule has 21 heavy (non-hydrogen) atoms. The van der Waals surface area contributed by atoms with E-state index in [0.717, 1.165) is 30.7 Å². The van der Waals surface area contributed by atoms with E-state index in [4.69, 9.17) is 11.5 Å². The van der Waals surface area contributed by atoms with Crippen LogP contribution in [0, 0.1) is 5.92 Å². The maximum atomic E-state index is 12.1. The van der Waals surface area contributed by atoms with Gasteiger partial charge < -0.3 is 22.1 Å². The highest BCUT2D eigenvalue weighted by molar-refractivity contribution is 7.20. The fourth-order valence-electron chi connectivity index (χ4n) is 2.14. The molecule has 7 N–H and O–H groups in total. The van der Waals surface area contributed by atoms with Crippen LogP contribution in [-0.2, 0) is 4.79 Å². The van der Waals surface area contributed by atoms with Crippen molar-refractivity contribution in [1.82, 2.24) is 5.32 Å². The maximum Gasteiger partial charge on any atom is 0.317 e. The fourth-order valence-corrected chi connectivity index (χ4v) is 3.11. The molecule has 4 amide bonds. The molecular weight excluding hydrogens is 294 g/mol. The highest BCUT2D eigenvalue weighted by Gasteiger charge is 2.22. The van der Waals surface area contributed by atoms with Gasteiger partial charge in [-0.15, -0.1) is 0 Å². The average Bonchev–Trinajstić information content (AvgIpc) is 2.81. The van der Waals surface area contributed by atoms with Crippen LogP contribution in [0.15, 0.2) is 6.07 Å². The lowest BCUT2D eigenvalue weighted by molar-refractivity contribution is -0.120. The molecule has 8 nitrogen and oxygen atoms in total. The quantitative estimate of drug-likeness (QED) is 0.544. The Hall–Kier alpha value is -2.13. The van der Waals surface area contributed by atoms with Gasteiger partial charge in [0.05, 0.1) is 16.5 Å². The average molecular weight is 311 g/mol. The Balaban J connectivity index is 2.10. The molecule has 0 spiro atoms. The number of urea groups is 1. The van der Waals surface area contributed by atoms with E-state index >= 15 is 0 Å². The third kappa shape index (κ3) is 3.92. The normalized spacial score (nSPS) is 18.0. The van der Waals surface area contributed by atoms with E-state index in [1.165, 1.54) is 6.07 Å². The number of carbonyl (C=O) groups is 3. The number of rotatable bonds is 4. The monoisotopic (exact) mass is 311 g/mol. The Kier molecular flexibility index (Phi) is 4.76. The van der Waals surface area contributed by atoms with Crippen LogP contribution in [0.2, 0.25) is 0 Å². The largest absolute Gasteiger partial charge is 0.366 e. The number of hydrogen-bond donors (Lipinski definition) is 5. The summed E-state index contributed by atoms with van der Waals surface area (Å²) in [6.07, 6.45) is 1.77. The number of carbonyl (C=O) groups excluding carboxylic acids is 3. The molecule has 1 aromatic heterocycles. The minimum absolute atomic E-state index is 0.106. The lowest BCUT2D eigenvalue weighted by atomic mass is 9.99. The SMILES string of the molecule is NC(=O)Nc1sc(NC(=O)C2CCCNC2)cc1C(N)=O. The van der Waals surface area contributed by atoms with Crippen LogP contribution < -0.4 is 27.4 Å². The van der Waals surface area contributed by atoms with Gasteiger partial charge in [-0.3, -0.25) is 14.9 Å². The minimum Gasteiger partial charge on any atom is -0.366 e. The number of nitrogens with two attached hydrogens (primary N) is 2. The molecule has 1 atom stereocenters. The summed E-state index contributed by atoms with van der Waals surface area (Å²) in [5.74, 6) is -0.926. The fraction of sp³-hybridized carbons (Fsp3) is 0.417. The number of piperidine rings is 1. The first-order valence-corrected chi connectivity index (χ1v) is 7.30. The van der Waals surface area contributed by atoms with Crippen LogP contribution in [0.1, 0.15) is 23.2 Å². The summed E-state index contributed by atoms with van der Waals surface area (Å²) in [7, 11) is 0. The first kappa shape index (κ1) is 15.3. The Morgan fingerprint density at radius 2 is 2.05 bits per heavy atom. The summed E-state index contributed by atoms with van der Waals surface area (Å²) in [6.45, 7) is 1.55. The Bertz CT molecular complexity index is 565. The lowest BCUT2D eigenvalue weighted by Crippen LogP contribution is -2.37. The van der Waals surface area contributed by atoms with Gasteiger partial charge in [0.15, 0.2) is 0 Å². The topological polar surface area (TPSA) is 139 Å². The van der Waals surface area contributed by atoms with Crippen molar-refractivity contribution in [3.05, 3.63) is 11.6 Å². The number of anilines is 2. The Morgan fingerprint density at radius 1 is 1.29 bits per heavy atom.